The SMILES string of the molecule is CN1CCN(C(C)(C)CNCc2ccc(I)o2)CC1. The van der Waals surface area contributed by atoms with Crippen molar-refractivity contribution in [1.82, 2.24) is 15.1 Å². The molecule has 2 rings (SSSR count). The predicted molar refractivity (Wildman–Crippen MR) is 86.3 cm³/mol. The quantitative estimate of drug-likeness (QED) is 0.796. The summed E-state index contributed by atoms with van der Waals surface area (Å²) in [6, 6.07) is 4.04. The van der Waals surface area contributed by atoms with Gasteiger partial charge in [0, 0.05) is 38.3 Å². The maximum absolute atomic E-state index is 5.56. The largest absolute Gasteiger partial charge is 0.454 e. The maximum atomic E-state index is 5.56. The van der Waals surface area contributed by atoms with Crippen LogP contribution in [0.4, 0.5) is 0 Å². The fourth-order valence-corrected chi connectivity index (χ4v) is 2.92. The van der Waals surface area contributed by atoms with Gasteiger partial charge >= 0.3 is 0 Å². The van der Waals surface area contributed by atoms with Crippen LogP contribution in [0.2, 0.25) is 0 Å². The predicted octanol–water partition coefficient (Wildman–Crippen LogP) is 2.00. The average Bonchev–Trinajstić information content (AvgIpc) is 2.75. The van der Waals surface area contributed by atoms with Gasteiger partial charge in [-0.05, 0) is 55.6 Å². The third kappa shape index (κ3) is 4.44. The number of hydrogen-bond donors (Lipinski definition) is 1. The summed E-state index contributed by atoms with van der Waals surface area (Å²) in [7, 11) is 2.20. The van der Waals surface area contributed by atoms with Gasteiger partial charge in [0.2, 0.25) is 0 Å². The molecule has 0 atom stereocenters. The first-order valence-corrected chi connectivity index (χ1v) is 7.94. The topological polar surface area (TPSA) is 31.6 Å². The molecule has 1 aliphatic heterocycles. The molecule has 1 aromatic heterocycles. The smallest absolute Gasteiger partial charge is 0.164 e. The lowest BCUT2D eigenvalue weighted by molar-refractivity contribution is 0.0615. The lowest BCUT2D eigenvalue weighted by Gasteiger charge is -2.43. The minimum absolute atomic E-state index is 0.195. The van der Waals surface area contributed by atoms with E-state index in [4.69, 9.17) is 4.42 Å². The van der Waals surface area contributed by atoms with Crippen LogP contribution < -0.4 is 5.32 Å². The van der Waals surface area contributed by atoms with Gasteiger partial charge < -0.3 is 14.6 Å². The van der Waals surface area contributed by atoms with Crippen LogP contribution in [0.15, 0.2) is 16.5 Å². The first-order chi connectivity index (χ1) is 8.97. The van der Waals surface area contributed by atoms with Gasteiger partial charge in [-0.3, -0.25) is 4.90 Å². The summed E-state index contributed by atoms with van der Waals surface area (Å²) < 4.78 is 6.51. The van der Waals surface area contributed by atoms with Gasteiger partial charge in [0.05, 0.1) is 6.54 Å². The summed E-state index contributed by atoms with van der Waals surface area (Å²) >= 11 is 2.20. The van der Waals surface area contributed by atoms with Crippen molar-refractivity contribution in [3.8, 4) is 0 Å². The van der Waals surface area contributed by atoms with Crippen molar-refractivity contribution in [1.29, 1.82) is 0 Å². The normalized spacial score (nSPS) is 18.9. The van der Waals surface area contributed by atoms with E-state index >= 15 is 0 Å². The van der Waals surface area contributed by atoms with Gasteiger partial charge in [0.1, 0.15) is 5.76 Å². The van der Waals surface area contributed by atoms with Crippen LogP contribution in [-0.4, -0.2) is 55.1 Å². The van der Waals surface area contributed by atoms with Gasteiger partial charge in [0.25, 0.3) is 0 Å². The van der Waals surface area contributed by atoms with Crippen LogP contribution in [0.5, 0.6) is 0 Å². The number of hydrogen-bond acceptors (Lipinski definition) is 4. The van der Waals surface area contributed by atoms with Crippen LogP contribution in [0, 0.1) is 3.77 Å². The average molecular weight is 377 g/mol. The van der Waals surface area contributed by atoms with Gasteiger partial charge in [-0.25, -0.2) is 0 Å². The summed E-state index contributed by atoms with van der Waals surface area (Å²) in [5.74, 6) is 1.01. The van der Waals surface area contributed by atoms with E-state index in [1.165, 1.54) is 13.1 Å². The molecule has 0 saturated carbocycles. The van der Waals surface area contributed by atoms with Crippen molar-refractivity contribution in [3.63, 3.8) is 0 Å². The van der Waals surface area contributed by atoms with Crippen LogP contribution in [0.1, 0.15) is 19.6 Å². The minimum Gasteiger partial charge on any atom is -0.454 e. The van der Waals surface area contributed by atoms with E-state index in [0.29, 0.717) is 0 Å². The summed E-state index contributed by atoms with van der Waals surface area (Å²) in [4.78, 5) is 4.97. The summed E-state index contributed by atoms with van der Waals surface area (Å²) in [5.41, 5.74) is 0.195. The summed E-state index contributed by atoms with van der Waals surface area (Å²) in [6.45, 7) is 11.1. The highest BCUT2D eigenvalue weighted by molar-refractivity contribution is 14.1. The van der Waals surface area contributed by atoms with Gasteiger partial charge in [-0.2, -0.15) is 0 Å². The number of nitrogens with zero attached hydrogens (tertiary/aromatic N) is 2. The Hall–Kier alpha value is -0.110. The van der Waals surface area contributed by atoms with Crippen molar-refractivity contribution in [2.45, 2.75) is 25.9 Å². The van der Waals surface area contributed by atoms with Crippen LogP contribution in [0.3, 0.4) is 0 Å². The molecule has 1 N–H and O–H groups in total. The third-order valence-electron chi connectivity index (χ3n) is 3.85. The Kier molecular flexibility index (Phi) is 5.28. The van der Waals surface area contributed by atoms with Crippen molar-refractivity contribution < 1.29 is 4.42 Å². The Bertz CT molecular complexity index is 397. The van der Waals surface area contributed by atoms with E-state index < -0.39 is 0 Å². The monoisotopic (exact) mass is 377 g/mol. The Morgan fingerprint density at radius 3 is 2.53 bits per heavy atom. The first-order valence-electron chi connectivity index (χ1n) is 6.86. The molecule has 1 aliphatic rings. The number of furan rings is 1. The molecule has 5 heteroatoms. The number of likely N-dealkylation sites (N-methyl/N-ethyl adjacent to an activating group) is 1. The van der Waals surface area contributed by atoms with Crippen LogP contribution >= 0.6 is 22.6 Å². The molecule has 0 amide bonds. The van der Waals surface area contributed by atoms with E-state index in [9.17, 15) is 0 Å². The zero-order valence-corrected chi connectivity index (χ0v) is 14.2. The number of piperazine rings is 1. The van der Waals surface area contributed by atoms with Crippen molar-refractivity contribution >= 4 is 22.6 Å². The molecule has 0 unspecified atom stereocenters. The second-order valence-corrected chi connectivity index (χ2v) is 6.98. The van der Waals surface area contributed by atoms with E-state index in [1.807, 2.05) is 12.1 Å². The van der Waals surface area contributed by atoms with Crippen molar-refractivity contribution in [3.05, 3.63) is 21.7 Å². The Morgan fingerprint density at radius 2 is 1.95 bits per heavy atom. The van der Waals surface area contributed by atoms with E-state index in [1.54, 1.807) is 0 Å². The molecular weight excluding hydrogens is 353 g/mol. The third-order valence-corrected chi connectivity index (χ3v) is 4.42. The molecule has 2 heterocycles. The summed E-state index contributed by atoms with van der Waals surface area (Å²) in [5, 5.41) is 3.51. The standard InChI is InChI=1S/C14H24IN3O/c1-14(2,18-8-6-17(3)7-9-18)11-16-10-12-4-5-13(15)19-12/h4-5,16H,6-11H2,1-3H3. The molecule has 0 aliphatic carbocycles. The molecule has 1 aromatic rings. The molecule has 1 fully saturated rings. The van der Waals surface area contributed by atoms with Crippen LogP contribution in [0.25, 0.3) is 0 Å². The van der Waals surface area contributed by atoms with E-state index in [0.717, 1.165) is 35.7 Å². The molecular formula is C14H24IN3O. The second kappa shape index (κ2) is 6.56. The zero-order valence-electron chi connectivity index (χ0n) is 12.1. The second-order valence-electron chi connectivity index (χ2n) is 5.91. The zero-order chi connectivity index (χ0) is 13.9. The highest BCUT2D eigenvalue weighted by Gasteiger charge is 2.28. The molecule has 0 radical (unpaired) electrons. The highest BCUT2D eigenvalue weighted by atomic mass is 127. The molecule has 0 bridgehead atoms. The summed E-state index contributed by atoms with van der Waals surface area (Å²) in [6.07, 6.45) is 0. The molecule has 1 saturated heterocycles. The Morgan fingerprint density at radius 1 is 1.26 bits per heavy atom. The maximum Gasteiger partial charge on any atom is 0.164 e. The first kappa shape index (κ1) is 15.3. The molecule has 4 nitrogen and oxygen atoms in total. The number of rotatable bonds is 5. The van der Waals surface area contributed by atoms with E-state index in [-0.39, 0.29) is 5.54 Å². The van der Waals surface area contributed by atoms with E-state index in [2.05, 4.69) is 58.6 Å². The fourth-order valence-electron chi connectivity index (χ4n) is 2.46. The number of halogens is 1. The molecule has 19 heavy (non-hydrogen) atoms. The lowest BCUT2D eigenvalue weighted by Crippen LogP contribution is -2.57. The minimum atomic E-state index is 0.195. The van der Waals surface area contributed by atoms with Crippen LogP contribution in [-0.2, 0) is 6.54 Å². The molecule has 0 spiro atoms. The van der Waals surface area contributed by atoms with Crippen molar-refractivity contribution in [2.75, 3.05) is 39.8 Å². The van der Waals surface area contributed by atoms with Gasteiger partial charge in [0.15, 0.2) is 3.77 Å². The Labute approximate surface area is 129 Å². The van der Waals surface area contributed by atoms with Gasteiger partial charge in [-0.15, -0.1) is 0 Å². The lowest BCUT2D eigenvalue weighted by atomic mass is 10.0. The Balaban J connectivity index is 1.77. The van der Waals surface area contributed by atoms with Gasteiger partial charge in [-0.1, -0.05) is 0 Å². The number of nitrogens with one attached hydrogen (secondary N) is 1. The fraction of sp³-hybridized carbons (Fsp3) is 0.714. The van der Waals surface area contributed by atoms with Crippen molar-refractivity contribution in [2.24, 2.45) is 0 Å². The highest BCUT2D eigenvalue weighted by Crippen LogP contribution is 2.16. The molecule has 0 aromatic carbocycles. The molecule has 108 valence electrons.